The largest absolute Gasteiger partial charge is 0.368 e. The van der Waals surface area contributed by atoms with Gasteiger partial charge < -0.3 is 14.7 Å². The predicted molar refractivity (Wildman–Crippen MR) is 158 cm³/mol. The highest BCUT2D eigenvalue weighted by Gasteiger charge is 2.28. The number of piperazine rings is 2. The first-order valence-corrected chi connectivity index (χ1v) is 14.4. The van der Waals surface area contributed by atoms with Crippen molar-refractivity contribution in [2.45, 2.75) is 20.4 Å². The minimum atomic E-state index is -1.67. The van der Waals surface area contributed by atoms with Crippen LogP contribution in [0.3, 0.4) is 0 Å². The zero-order valence-electron chi connectivity index (χ0n) is 24.8. The molecular weight excluding hydrogens is 594 g/mol. The summed E-state index contributed by atoms with van der Waals surface area (Å²) in [5.41, 5.74) is 3.91. The van der Waals surface area contributed by atoms with Gasteiger partial charge in [0.2, 0.25) is 0 Å². The smallest absolute Gasteiger partial charge is 0.195 e. The van der Waals surface area contributed by atoms with Gasteiger partial charge in [-0.1, -0.05) is 12.6 Å². The van der Waals surface area contributed by atoms with E-state index in [0.717, 1.165) is 40.1 Å². The van der Waals surface area contributed by atoms with Crippen molar-refractivity contribution < 1.29 is 26.3 Å². The van der Waals surface area contributed by atoms with Gasteiger partial charge in [0.25, 0.3) is 0 Å². The Bertz CT molecular complexity index is 1740. The van der Waals surface area contributed by atoms with Crippen LogP contribution < -0.4 is 9.80 Å². The normalized spacial score (nSPS) is 15.6. The van der Waals surface area contributed by atoms with E-state index in [-0.39, 0.29) is 11.4 Å². The number of nitriles is 2. The first-order valence-electron chi connectivity index (χ1n) is 14.4. The second kappa shape index (κ2) is 12.7. The van der Waals surface area contributed by atoms with Crippen LogP contribution in [0.5, 0.6) is 0 Å². The van der Waals surface area contributed by atoms with Gasteiger partial charge in [0.15, 0.2) is 34.9 Å². The Labute approximate surface area is 257 Å². The number of hydrogen-bond donors (Lipinski definition) is 0. The topological polar surface area (TPSA) is 60.5 Å². The number of nitrogens with zero attached hydrogens (tertiary/aromatic N) is 6. The maximum Gasteiger partial charge on any atom is 0.195 e. The van der Waals surface area contributed by atoms with Crippen molar-refractivity contribution in [3.05, 3.63) is 99.1 Å². The molecule has 0 N–H and O–H groups in total. The summed E-state index contributed by atoms with van der Waals surface area (Å²) >= 11 is 0. The minimum Gasteiger partial charge on any atom is -0.368 e. The van der Waals surface area contributed by atoms with E-state index in [4.69, 9.17) is 0 Å². The van der Waals surface area contributed by atoms with E-state index in [0.29, 0.717) is 58.9 Å². The molecule has 2 aliphatic rings. The maximum atomic E-state index is 14.2. The second-order valence-corrected chi connectivity index (χ2v) is 11.3. The van der Waals surface area contributed by atoms with Crippen LogP contribution in [-0.2, 0) is 6.54 Å². The lowest BCUT2D eigenvalue weighted by Crippen LogP contribution is -2.46. The highest BCUT2D eigenvalue weighted by molar-refractivity contribution is 5.67. The Morgan fingerprint density at radius 2 is 1.13 bits per heavy atom. The highest BCUT2D eigenvalue weighted by Crippen LogP contribution is 2.32. The lowest BCUT2D eigenvalue weighted by atomic mass is 9.97. The molecule has 0 radical (unpaired) electrons. The first-order chi connectivity index (χ1) is 21.4. The number of anilines is 2. The molecule has 2 fully saturated rings. The van der Waals surface area contributed by atoms with Crippen molar-refractivity contribution >= 4 is 17.1 Å². The molecule has 5 rings (SSSR count). The van der Waals surface area contributed by atoms with Crippen molar-refractivity contribution in [2.75, 3.05) is 62.2 Å². The molecule has 0 aromatic heterocycles. The number of aryl methyl sites for hydroxylation is 2. The van der Waals surface area contributed by atoms with E-state index in [2.05, 4.69) is 28.5 Å². The van der Waals surface area contributed by atoms with Gasteiger partial charge in [-0.25, -0.2) is 26.3 Å². The predicted octanol–water partition coefficient (Wildman–Crippen LogP) is 6.00. The zero-order chi connectivity index (χ0) is 32.6. The number of rotatable bonds is 6. The quantitative estimate of drug-likeness (QED) is 0.248. The molecule has 234 valence electrons. The van der Waals surface area contributed by atoms with Crippen molar-refractivity contribution in [3.63, 3.8) is 0 Å². The van der Waals surface area contributed by atoms with Crippen LogP contribution in [0.4, 0.5) is 37.7 Å². The van der Waals surface area contributed by atoms with Gasteiger partial charge in [0, 0.05) is 82.3 Å². The third-order valence-corrected chi connectivity index (χ3v) is 8.61. The van der Waals surface area contributed by atoms with Crippen molar-refractivity contribution in [3.8, 4) is 12.1 Å². The third kappa shape index (κ3) is 6.03. The molecule has 2 heterocycles. The summed E-state index contributed by atoms with van der Waals surface area (Å²) in [6, 6.07) is 9.19. The van der Waals surface area contributed by atoms with Crippen LogP contribution in [0.25, 0.3) is 5.70 Å². The molecule has 12 heteroatoms. The third-order valence-electron chi connectivity index (χ3n) is 8.61. The van der Waals surface area contributed by atoms with E-state index in [9.17, 15) is 36.9 Å². The van der Waals surface area contributed by atoms with E-state index in [1.54, 1.807) is 21.9 Å². The van der Waals surface area contributed by atoms with Crippen LogP contribution in [0.1, 0.15) is 33.4 Å². The lowest BCUT2D eigenvalue weighted by molar-refractivity contribution is 0.249. The van der Waals surface area contributed by atoms with Crippen LogP contribution in [-0.4, -0.2) is 62.2 Å². The van der Waals surface area contributed by atoms with E-state index in [1.165, 1.54) is 0 Å². The average molecular weight is 625 g/mol. The molecule has 0 saturated carbocycles. The molecule has 0 spiro atoms. The Balaban J connectivity index is 1.25. The van der Waals surface area contributed by atoms with Gasteiger partial charge in [0.1, 0.15) is 23.3 Å². The van der Waals surface area contributed by atoms with Gasteiger partial charge in [-0.2, -0.15) is 10.5 Å². The van der Waals surface area contributed by atoms with Gasteiger partial charge in [0.05, 0.1) is 11.4 Å². The number of benzene rings is 3. The molecule has 0 amide bonds. The van der Waals surface area contributed by atoms with Crippen molar-refractivity contribution in [2.24, 2.45) is 0 Å². The SMILES string of the molecule is C=C(c1cc(CN2CCN(c3cc(F)c(F)c(F)c3C#N)CC2)c(C)cc1C)N1CCN(c2cc(F)c(F)c(F)c2C#N)CC1. The first kappa shape index (κ1) is 31.7. The van der Waals surface area contributed by atoms with Crippen LogP contribution >= 0.6 is 0 Å². The number of halogens is 6. The highest BCUT2D eigenvalue weighted by atomic mass is 19.2. The fourth-order valence-corrected chi connectivity index (χ4v) is 6.03. The fraction of sp³-hybridized carbons (Fsp3) is 0.333. The second-order valence-electron chi connectivity index (χ2n) is 11.3. The molecule has 2 aliphatic heterocycles. The van der Waals surface area contributed by atoms with Crippen LogP contribution in [0, 0.1) is 71.4 Å². The lowest BCUT2D eigenvalue weighted by Gasteiger charge is -2.39. The summed E-state index contributed by atoms with van der Waals surface area (Å²) < 4.78 is 83.7. The molecular formula is C33H30F6N6. The number of hydrogen-bond acceptors (Lipinski definition) is 6. The van der Waals surface area contributed by atoms with E-state index in [1.807, 2.05) is 13.8 Å². The van der Waals surface area contributed by atoms with Crippen molar-refractivity contribution in [1.29, 1.82) is 10.5 Å². The standard InChI is InChI=1S/C33H30F6N6/c1-19-12-20(2)23(21(3)43-8-10-45(11-9-43)29-15-27(35)33(39)31(37)25(29)17-41)13-22(19)18-42-4-6-44(7-5-42)28-14-26(34)32(38)30(36)24(28)16-40/h12-15H,3-11,18H2,1-2H3. The van der Waals surface area contributed by atoms with Crippen LogP contribution in [0.15, 0.2) is 30.8 Å². The molecule has 3 aromatic rings. The summed E-state index contributed by atoms with van der Waals surface area (Å²) in [4.78, 5) is 7.60. The van der Waals surface area contributed by atoms with Gasteiger partial charge in [-0.15, -0.1) is 0 Å². The Hall–Kier alpha value is -4.68. The average Bonchev–Trinajstić information content (AvgIpc) is 3.03. The molecule has 2 saturated heterocycles. The Kier molecular flexibility index (Phi) is 8.98. The van der Waals surface area contributed by atoms with Crippen LogP contribution in [0.2, 0.25) is 0 Å². The van der Waals surface area contributed by atoms with E-state index >= 15 is 0 Å². The molecule has 0 atom stereocenters. The van der Waals surface area contributed by atoms with Gasteiger partial charge >= 0.3 is 0 Å². The summed E-state index contributed by atoms with van der Waals surface area (Å²) in [5, 5.41) is 18.7. The molecule has 0 bridgehead atoms. The molecule has 0 aliphatic carbocycles. The Morgan fingerprint density at radius 1 is 0.667 bits per heavy atom. The summed E-state index contributed by atoms with van der Waals surface area (Å²) in [6.07, 6.45) is 0. The fourth-order valence-electron chi connectivity index (χ4n) is 6.03. The monoisotopic (exact) mass is 624 g/mol. The maximum absolute atomic E-state index is 14.2. The summed E-state index contributed by atoms with van der Waals surface area (Å²) in [5.74, 6) is -8.98. The minimum absolute atomic E-state index is 0.0200. The Morgan fingerprint density at radius 3 is 1.60 bits per heavy atom. The molecule has 3 aromatic carbocycles. The van der Waals surface area contributed by atoms with E-state index < -0.39 is 46.0 Å². The summed E-state index contributed by atoms with van der Waals surface area (Å²) in [6.45, 7) is 12.4. The van der Waals surface area contributed by atoms with Gasteiger partial charge in [-0.3, -0.25) is 4.90 Å². The molecule has 45 heavy (non-hydrogen) atoms. The zero-order valence-corrected chi connectivity index (χ0v) is 24.8. The van der Waals surface area contributed by atoms with Crippen molar-refractivity contribution in [1.82, 2.24) is 9.80 Å². The molecule has 6 nitrogen and oxygen atoms in total. The van der Waals surface area contributed by atoms with Gasteiger partial charge in [-0.05, 0) is 36.6 Å². The summed E-state index contributed by atoms with van der Waals surface area (Å²) in [7, 11) is 0. The molecule has 0 unspecified atom stereocenters.